The maximum atomic E-state index is 12.7. The van der Waals surface area contributed by atoms with Crippen molar-refractivity contribution in [2.75, 3.05) is 13.1 Å². The molecule has 0 radical (unpaired) electrons. The zero-order valence-electron chi connectivity index (χ0n) is 13.3. The van der Waals surface area contributed by atoms with Crippen LogP contribution in [0.15, 0.2) is 47.3 Å². The van der Waals surface area contributed by atoms with E-state index in [2.05, 4.69) is 0 Å². The third-order valence-electron chi connectivity index (χ3n) is 5.13. The highest BCUT2D eigenvalue weighted by Gasteiger charge is 2.36. The van der Waals surface area contributed by atoms with Gasteiger partial charge < -0.3 is 9.47 Å². The van der Waals surface area contributed by atoms with Gasteiger partial charge in [-0.25, -0.2) is 0 Å². The van der Waals surface area contributed by atoms with Gasteiger partial charge in [-0.15, -0.1) is 0 Å². The van der Waals surface area contributed by atoms with E-state index in [4.69, 9.17) is 11.6 Å². The number of fused-ring (bicyclic) bond motifs is 4. The van der Waals surface area contributed by atoms with Crippen molar-refractivity contribution in [2.45, 2.75) is 25.3 Å². The second-order valence-corrected chi connectivity index (χ2v) is 7.17. The average molecular weight is 343 g/mol. The van der Waals surface area contributed by atoms with E-state index in [9.17, 15) is 9.59 Å². The number of piperidine rings is 1. The second-order valence-electron chi connectivity index (χ2n) is 6.77. The zero-order valence-corrected chi connectivity index (χ0v) is 14.1. The molecule has 1 aromatic heterocycles. The zero-order chi connectivity index (χ0) is 16.7. The third kappa shape index (κ3) is 2.75. The fraction of sp³-hybridized carbons (Fsp3) is 0.368. The normalized spacial score (nSPS) is 22.1. The lowest BCUT2D eigenvalue weighted by Crippen LogP contribution is -2.49. The number of halogens is 1. The summed E-state index contributed by atoms with van der Waals surface area (Å²) >= 11 is 6.18. The van der Waals surface area contributed by atoms with Crippen LogP contribution in [0.2, 0.25) is 5.02 Å². The Morgan fingerprint density at radius 1 is 1.08 bits per heavy atom. The van der Waals surface area contributed by atoms with Crippen LogP contribution >= 0.6 is 11.6 Å². The predicted molar refractivity (Wildman–Crippen MR) is 93.3 cm³/mol. The van der Waals surface area contributed by atoms with Gasteiger partial charge in [-0.2, -0.15) is 0 Å². The lowest BCUT2D eigenvalue weighted by atomic mass is 9.83. The van der Waals surface area contributed by atoms with Gasteiger partial charge in [-0.05, 0) is 30.0 Å². The Labute approximate surface area is 145 Å². The van der Waals surface area contributed by atoms with Crippen LogP contribution in [0.3, 0.4) is 0 Å². The highest BCUT2D eigenvalue weighted by molar-refractivity contribution is 6.31. The molecule has 4 rings (SSSR count). The van der Waals surface area contributed by atoms with E-state index in [1.165, 1.54) is 0 Å². The number of hydrogen-bond donors (Lipinski definition) is 0. The van der Waals surface area contributed by atoms with Crippen molar-refractivity contribution in [3.63, 3.8) is 0 Å². The molecule has 124 valence electrons. The van der Waals surface area contributed by atoms with Crippen molar-refractivity contribution in [3.8, 4) is 0 Å². The maximum Gasteiger partial charge on any atom is 0.250 e. The lowest BCUT2D eigenvalue weighted by Gasteiger charge is -2.42. The first kappa shape index (κ1) is 15.5. The number of aromatic nitrogens is 1. The first-order chi connectivity index (χ1) is 11.6. The summed E-state index contributed by atoms with van der Waals surface area (Å²) in [6.07, 6.45) is 1.39. The van der Waals surface area contributed by atoms with Crippen molar-refractivity contribution < 1.29 is 4.79 Å². The molecule has 5 heteroatoms. The molecule has 2 unspecified atom stereocenters. The summed E-state index contributed by atoms with van der Waals surface area (Å²) < 4.78 is 1.88. The van der Waals surface area contributed by atoms with Crippen LogP contribution in [-0.2, 0) is 17.8 Å². The van der Waals surface area contributed by atoms with Gasteiger partial charge in [0.05, 0.1) is 6.42 Å². The number of nitrogens with zero attached hydrogens (tertiary/aromatic N) is 2. The number of rotatable bonds is 2. The largest absolute Gasteiger partial charge is 0.341 e. The minimum Gasteiger partial charge on any atom is -0.341 e. The van der Waals surface area contributed by atoms with Crippen molar-refractivity contribution >= 4 is 17.5 Å². The SMILES string of the molecule is O=C(Cc1ccccc1Cl)N1CC2CC(C1)c1cccc(=O)n1C2. The number of amides is 1. The van der Waals surface area contributed by atoms with Crippen LogP contribution in [-0.4, -0.2) is 28.5 Å². The highest BCUT2D eigenvalue weighted by Crippen LogP contribution is 2.35. The minimum atomic E-state index is 0.0676. The summed E-state index contributed by atoms with van der Waals surface area (Å²) in [5, 5.41) is 0.639. The second kappa shape index (κ2) is 6.10. The number of hydrogen-bond acceptors (Lipinski definition) is 2. The Kier molecular flexibility index (Phi) is 3.93. The molecule has 4 nitrogen and oxygen atoms in total. The Hall–Kier alpha value is -2.07. The van der Waals surface area contributed by atoms with E-state index < -0.39 is 0 Å². The van der Waals surface area contributed by atoms with Gasteiger partial charge in [0, 0.05) is 42.3 Å². The van der Waals surface area contributed by atoms with Gasteiger partial charge >= 0.3 is 0 Å². The van der Waals surface area contributed by atoms with Crippen LogP contribution in [0.5, 0.6) is 0 Å². The van der Waals surface area contributed by atoms with Crippen molar-refractivity contribution in [2.24, 2.45) is 5.92 Å². The summed E-state index contributed by atoms with van der Waals surface area (Å²) in [5.74, 6) is 0.720. The monoisotopic (exact) mass is 342 g/mol. The molecule has 2 aromatic rings. The topological polar surface area (TPSA) is 42.3 Å². The summed E-state index contributed by atoms with van der Waals surface area (Å²) in [6, 6.07) is 12.9. The molecule has 0 aliphatic carbocycles. The Bertz CT molecular complexity index is 845. The minimum absolute atomic E-state index is 0.0676. The summed E-state index contributed by atoms with van der Waals surface area (Å²) in [4.78, 5) is 26.7. The van der Waals surface area contributed by atoms with E-state index in [-0.39, 0.29) is 17.4 Å². The van der Waals surface area contributed by atoms with E-state index in [1.54, 1.807) is 6.07 Å². The molecule has 2 bridgehead atoms. The molecule has 24 heavy (non-hydrogen) atoms. The quantitative estimate of drug-likeness (QED) is 0.842. The van der Waals surface area contributed by atoms with E-state index in [0.717, 1.165) is 24.2 Å². The van der Waals surface area contributed by atoms with Gasteiger partial charge in [-0.1, -0.05) is 35.9 Å². The summed E-state index contributed by atoms with van der Waals surface area (Å²) in [6.45, 7) is 2.12. The van der Waals surface area contributed by atoms with E-state index in [0.29, 0.717) is 30.5 Å². The first-order valence-corrected chi connectivity index (χ1v) is 8.70. The fourth-order valence-electron chi connectivity index (χ4n) is 4.02. The standard InChI is InChI=1S/C19H19ClN2O2/c20-16-5-2-1-4-14(16)9-19(24)21-10-13-8-15(12-21)17-6-3-7-18(23)22(17)11-13/h1-7,13,15H,8-12H2. The van der Waals surface area contributed by atoms with Crippen LogP contribution < -0.4 is 5.56 Å². The third-order valence-corrected chi connectivity index (χ3v) is 5.50. The van der Waals surface area contributed by atoms with Gasteiger partial charge in [0.1, 0.15) is 0 Å². The summed E-state index contributed by atoms with van der Waals surface area (Å²) in [5.41, 5.74) is 2.00. The maximum absolute atomic E-state index is 12.7. The molecule has 0 spiro atoms. The molecular weight excluding hydrogens is 324 g/mol. The Morgan fingerprint density at radius 3 is 2.75 bits per heavy atom. The number of carbonyl (C=O) groups excluding carboxylic acids is 1. The lowest BCUT2D eigenvalue weighted by molar-refractivity contribution is -0.133. The van der Waals surface area contributed by atoms with E-state index in [1.807, 2.05) is 45.9 Å². The molecule has 0 saturated carbocycles. The summed E-state index contributed by atoms with van der Waals surface area (Å²) in [7, 11) is 0. The van der Waals surface area contributed by atoms with Crippen molar-refractivity contribution in [1.29, 1.82) is 0 Å². The van der Waals surface area contributed by atoms with Crippen LogP contribution in [0.25, 0.3) is 0 Å². The smallest absolute Gasteiger partial charge is 0.250 e. The molecule has 1 fully saturated rings. The van der Waals surface area contributed by atoms with Gasteiger partial charge in [0.15, 0.2) is 0 Å². The number of carbonyl (C=O) groups is 1. The predicted octanol–water partition coefficient (Wildman–Crippen LogP) is 2.69. The molecule has 0 N–H and O–H groups in total. The average Bonchev–Trinajstić information content (AvgIpc) is 2.58. The van der Waals surface area contributed by atoms with Gasteiger partial charge in [-0.3, -0.25) is 9.59 Å². The first-order valence-electron chi connectivity index (χ1n) is 8.33. The molecule has 2 aliphatic heterocycles. The Morgan fingerprint density at radius 2 is 1.92 bits per heavy atom. The molecule has 3 heterocycles. The molecule has 1 saturated heterocycles. The van der Waals surface area contributed by atoms with Crippen LogP contribution in [0, 0.1) is 5.92 Å². The molecular formula is C19H19ClN2O2. The molecule has 2 aliphatic rings. The number of likely N-dealkylation sites (tertiary alicyclic amines) is 1. The molecule has 1 amide bonds. The van der Waals surface area contributed by atoms with E-state index >= 15 is 0 Å². The van der Waals surface area contributed by atoms with Gasteiger partial charge in [0.25, 0.3) is 5.56 Å². The number of pyridine rings is 1. The number of benzene rings is 1. The highest BCUT2D eigenvalue weighted by atomic mass is 35.5. The molecule has 2 atom stereocenters. The van der Waals surface area contributed by atoms with Crippen LogP contribution in [0.1, 0.15) is 23.6 Å². The molecule has 1 aromatic carbocycles. The van der Waals surface area contributed by atoms with Crippen molar-refractivity contribution in [1.82, 2.24) is 9.47 Å². The fourth-order valence-corrected chi connectivity index (χ4v) is 4.22. The van der Waals surface area contributed by atoms with Crippen molar-refractivity contribution in [3.05, 3.63) is 69.1 Å². The van der Waals surface area contributed by atoms with Gasteiger partial charge in [0.2, 0.25) is 5.91 Å². The van der Waals surface area contributed by atoms with Crippen LogP contribution in [0.4, 0.5) is 0 Å². The Balaban J connectivity index is 1.55.